The summed E-state index contributed by atoms with van der Waals surface area (Å²) in [7, 11) is 3.93. The van der Waals surface area contributed by atoms with Gasteiger partial charge in [0.2, 0.25) is 17.8 Å². The Labute approximate surface area is 479 Å². The van der Waals surface area contributed by atoms with Crippen LogP contribution in [0.2, 0.25) is 0 Å². The Balaban J connectivity index is 1.12. The van der Waals surface area contributed by atoms with Gasteiger partial charge < -0.3 is 46.0 Å². The minimum atomic E-state index is -1.47. The maximum absolute atomic E-state index is 12.4. The van der Waals surface area contributed by atoms with Crippen LogP contribution in [-0.2, 0) is 41.8 Å². The number of carbonyl (C=O) groups excluding carboxylic acids is 2. The Morgan fingerprint density at radius 1 is 0.617 bits per heavy atom. The SMILES string of the molecule is CCN1CCN(CCOO)CCN(CCOO)CCN(CC)C(Cc2ccc(Cc3nc(N(C)C)nc(N4CCN(CCCCCCCCCCC(=O)NCCCC[C@H](NC(=O)N[C@@H](CCC(=O)O)C(=O)O)C(=O)O)CC4)n3)cc2)C1. The van der Waals surface area contributed by atoms with Gasteiger partial charge in [-0.25, -0.2) is 24.2 Å². The number of nitrogens with zero attached hydrogens (tertiary/aromatic N) is 10. The fourth-order valence-corrected chi connectivity index (χ4v) is 10.3. The predicted octanol–water partition coefficient (Wildman–Crippen LogP) is 3.67. The monoisotopic (exact) mass is 1140 g/mol. The van der Waals surface area contributed by atoms with Crippen molar-refractivity contribution < 1.29 is 59.6 Å². The number of rotatable bonds is 37. The number of carboxylic acids is 3. The van der Waals surface area contributed by atoms with Crippen LogP contribution in [0.3, 0.4) is 0 Å². The minimum Gasteiger partial charge on any atom is -0.481 e. The van der Waals surface area contributed by atoms with E-state index in [9.17, 15) is 34.2 Å². The summed E-state index contributed by atoms with van der Waals surface area (Å²) >= 11 is 0. The molecule has 458 valence electrons. The lowest BCUT2D eigenvalue weighted by Gasteiger charge is -2.38. The summed E-state index contributed by atoms with van der Waals surface area (Å²) in [6.07, 6.45) is 10.8. The molecule has 0 radical (unpaired) electrons. The highest BCUT2D eigenvalue weighted by Gasteiger charge is 2.27. The molecule has 3 atom stereocenters. The first-order chi connectivity index (χ1) is 39.1. The summed E-state index contributed by atoms with van der Waals surface area (Å²) in [6.45, 7) is 19.4. The van der Waals surface area contributed by atoms with E-state index in [1.165, 1.54) is 24.8 Å². The third-order valence-electron chi connectivity index (χ3n) is 15.3. The zero-order chi connectivity index (χ0) is 58.8. The number of hydrogen-bond acceptors (Lipinski definition) is 19. The lowest BCUT2D eigenvalue weighted by molar-refractivity contribution is -0.245. The van der Waals surface area contributed by atoms with Crippen molar-refractivity contribution in [3.8, 4) is 0 Å². The fraction of sp³-hybridized carbons (Fsp3) is 0.750. The molecular formula is C56H97N13O12. The average molecular weight is 1140 g/mol. The smallest absolute Gasteiger partial charge is 0.326 e. The summed E-state index contributed by atoms with van der Waals surface area (Å²) in [4.78, 5) is 98.6. The molecule has 4 rings (SSSR count). The molecule has 25 nitrogen and oxygen atoms in total. The molecule has 0 bridgehead atoms. The lowest BCUT2D eigenvalue weighted by Crippen LogP contribution is -2.51. The van der Waals surface area contributed by atoms with Gasteiger partial charge in [0.15, 0.2) is 0 Å². The summed E-state index contributed by atoms with van der Waals surface area (Å²) < 4.78 is 0. The number of carboxylic acid groups (broad SMARTS) is 3. The van der Waals surface area contributed by atoms with E-state index < -0.39 is 42.4 Å². The molecule has 2 aliphatic heterocycles. The predicted molar refractivity (Wildman–Crippen MR) is 309 cm³/mol. The number of nitrogens with one attached hydrogen (secondary N) is 3. The number of aromatic nitrogens is 3. The number of urea groups is 1. The molecule has 3 amide bonds. The number of hydrogen-bond donors (Lipinski definition) is 8. The van der Waals surface area contributed by atoms with Crippen LogP contribution < -0.4 is 25.8 Å². The van der Waals surface area contributed by atoms with E-state index in [1.54, 1.807) is 0 Å². The van der Waals surface area contributed by atoms with Crippen LogP contribution in [-0.4, -0.2) is 252 Å². The van der Waals surface area contributed by atoms with E-state index in [0.29, 0.717) is 57.3 Å². The standard InChI is InChI=1S/C56H97N13O12/c1-5-64-27-28-66(37-39-80-78)29-30-67(38-40-81-79)31-34-68(6-2)46(43-64)41-44-19-21-45(22-20-44)42-49-60-54(63(3)4)62-55(61-49)69-35-32-65(33-36-69)26-16-12-10-8-7-9-11-13-18-50(70)57-25-15-14-17-47(52(73)74)58-56(77)59-48(53(75)76)23-24-51(71)72/h19-22,46-48,78-79H,5-18,23-43H2,1-4H3,(H,57,70)(H,71,72)(H,73,74)(H,75,76)(H2,58,59,77)/t46?,47-,48-/m0/s1. The van der Waals surface area contributed by atoms with Gasteiger partial charge in [-0.05, 0) is 75.7 Å². The molecule has 1 aromatic carbocycles. The molecule has 2 saturated heterocycles. The summed E-state index contributed by atoms with van der Waals surface area (Å²) in [5, 5.41) is 52.9. The van der Waals surface area contributed by atoms with Gasteiger partial charge >= 0.3 is 23.9 Å². The van der Waals surface area contributed by atoms with Crippen molar-refractivity contribution in [1.82, 2.24) is 55.4 Å². The number of benzene rings is 1. The number of unbranched alkanes of at least 4 members (excludes halogenated alkanes) is 8. The molecule has 25 heteroatoms. The summed E-state index contributed by atoms with van der Waals surface area (Å²) in [6, 6.07) is 5.49. The maximum atomic E-state index is 12.4. The zero-order valence-corrected chi connectivity index (χ0v) is 48.9. The maximum Gasteiger partial charge on any atom is 0.326 e. The Morgan fingerprint density at radius 2 is 1.16 bits per heavy atom. The molecule has 0 aliphatic carbocycles. The molecular weight excluding hydrogens is 1050 g/mol. The van der Waals surface area contributed by atoms with Crippen LogP contribution >= 0.6 is 0 Å². The molecule has 0 spiro atoms. The normalized spacial score (nSPS) is 17.4. The van der Waals surface area contributed by atoms with Crippen molar-refractivity contribution in [1.29, 1.82) is 0 Å². The van der Waals surface area contributed by atoms with Crippen molar-refractivity contribution in [3.63, 3.8) is 0 Å². The highest BCUT2D eigenvalue weighted by molar-refractivity contribution is 5.86. The second-order valence-electron chi connectivity index (χ2n) is 21.6. The Hall–Kier alpha value is -5.38. The molecule has 2 aromatic rings. The van der Waals surface area contributed by atoms with E-state index in [2.05, 4.69) is 93.2 Å². The van der Waals surface area contributed by atoms with E-state index in [-0.39, 0.29) is 32.0 Å². The first-order valence-corrected chi connectivity index (χ1v) is 29.5. The van der Waals surface area contributed by atoms with Gasteiger partial charge in [-0.15, -0.1) is 0 Å². The molecule has 81 heavy (non-hydrogen) atoms. The van der Waals surface area contributed by atoms with Gasteiger partial charge in [-0.2, -0.15) is 15.0 Å². The van der Waals surface area contributed by atoms with Crippen LogP contribution in [0.5, 0.6) is 0 Å². The third kappa shape index (κ3) is 27.5. The molecule has 1 unspecified atom stereocenters. The van der Waals surface area contributed by atoms with E-state index in [1.807, 2.05) is 19.0 Å². The minimum absolute atomic E-state index is 0.0526. The largest absolute Gasteiger partial charge is 0.481 e. The Morgan fingerprint density at radius 3 is 1.73 bits per heavy atom. The van der Waals surface area contributed by atoms with E-state index in [4.69, 9.17) is 30.6 Å². The molecule has 8 N–H and O–H groups in total. The molecule has 0 saturated carbocycles. The Kier molecular flexibility index (Phi) is 32.9. The van der Waals surface area contributed by atoms with Gasteiger partial charge in [0.25, 0.3) is 0 Å². The van der Waals surface area contributed by atoms with Gasteiger partial charge in [-0.3, -0.25) is 39.7 Å². The number of aliphatic carboxylic acids is 3. The number of likely N-dealkylation sites (N-methyl/N-ethyl adjacent to an activating group) is 2. The second kappa shape index (κ2) is 39.2. The first-order valence-electron chi connectivity index (χ1n) is 29.5. The first kappa shape index (κ1) is 68.1. The Bertz CT molecular complexity index is 2120. The third-order valence-corrected chi connectivity index (χ3v) is 15.3. The fourth-order valence-electron chi connectivity index (χ4n) is 10.3. The van der Waals surface area contributed by atoms with Crippen LogP contribution in [0.4, 0.5) is 16.7 Å². The highest BCUT2D eigenvalue weighted by atomic mass is 17.1. The van der Waals surface area contributed by atoms with Gasteiger partial charge in [0.05, 0.1) is 13.2 Å². The van der Waals surface area contributed by atoms with Crippen LogP contribution in [0, 0.1) is 0 Å². The second-order valence-corrected chi connectivity index (χ2v) is 21.6. The van der Waals surface area contributed by atoms with Crippen LogP contribution in [0.25, 0.3) is 0 Å². The van der Waals surface area contributed by atoms with Crippen LogP contribution in [0.15, 0.2) is 24.3 Å². The number of anilines is 2. The van der Waals surface area contributed by atoms with Gasteiger partial charge in [-0.1, -0.05) is 76.6 Å². The molecule has 2 aliphatic rings. The van der Waals surface area contributed by atoms with Crippen molar-refractivity contribution in [3.05, 3.63) is 41.2 Å². The summed E-state index contributed by atoms with van der Waals surface area (Å²) in [5.74, 6) is -1.85. The van der Waals surface area contributed by atoms with Crippen molar-refractivity contribution in [2.24, 2.45) is 0 Å². The van der Waals surface area contributed by atoms with E-state index in [0.717, 1.165) is 147 Å². The van der Waals surface area contributed by atoms with Crippen LogP contribution in [0.1, 0.15) is 121 Å². The number of carbonyl (C=O) groups is 5. The van der Waals surface area contributed by atoms with Gasteiger partial charge in [0, 0.05) is 131 Å². The quantitative estimate of drug-likeness (QED) is 0.0272. The van der Waals surface area contributed by atoms with Crippen molar-refractivity contribution in [2.45, 2.75) is 135 Å². The zero-order valence-electron chi connectivity index (χ0n) is 48.9. The molecule has 3 heterocycles. The average Bonchev–Trinajstić information content (AvgIpc) is 3.44. The highest BCUT2D eigenvalue weighted by Crippen LogP contribution is 2.20. The van der Waals surface area contributed by atoms with Gasteiger partial charge in [0.1, 0.15) is 17.9 Å². The number of amides is 3. The molecule has 1 aromatic heterocycles. The molecule has 2 fully saturated rings. The number of piperazine rings is 1. The lowest BCUT2D eigenvalue weighted by atomic mass is 10.0. The van der Waals surface area contributed by atoms with E-state index >= 15 is 0 Å². The topological polar surface area (TPSA) is 302 Å². The summed E-state index contributed by atoms with van der Waals surface area (Å²) in [5.41, 5.74) is 2.44. The van der Waals surface area contributed by atoms with Crippen molar-refractivity contribution in [2.75, 3.05) is 148 Å². The van der Waals surface area contributed by atoms with Crippen molar-refractivity contribution >= 4 is 41.7 Å².